The molecule has 2 heterocycles. The first-order chi connectivity index (χ1) is 11.2. The van der Waals surface area contributed by atoms with Gasteiger partial charge in [-0.05, 0) is 62.0 Å². The van der Waals surface area contributed by atoms with Crippen LogP contribution in [0.2, 0.25) is 0 Å². The zero-order chi connectivity index (χ0) is 16.2. The summed E-state index contributed by atoms with van der Waals surface area (Å²) in [7, 11) is 0. The summed E-state index contributed by atoms with van der Waals surface area (Å²) in [6, 6.07) is 5.64. The molecular weight excluding hydrogens is 290 g/mol. The lowest BCUT2D eigenvalue weighted by atomic mass is 9.95. The van der Waals surface area contributed by atoms with E-state index in [1.807, 2.05) is 23.1 Å². The number of aryl methyl sites for hydroxylation is 1. The van der Waals surface area contributed by atoms with Gasteiger partial charge in [0.15, 0.2) is 0 Å². The molecule has 0 aromatic heterocycles. The summed E-state index contributed by atoms with van der Waals surface area (Å²) >= 11 is 0. The summed E-state index contributed by atoms with van der Waals surface area (Å²) in [6.45, 7) is 5.85. The maximum absolute atomic E-state index is 12.7. The molecule has 3 rings (SSSR count). The first kappa shape index (κ1) is 16.0. The van der Waals surface area contributed by atoms with E-state index in [1.165, 1.54) is 0 Å². The minimum atomic E-state index is 0.0549. The van der Waals surface area contributed by atoms with Crippen molar-refractivity contribution in [2.75, 3.05) is 31.5 Å². The van der Waals surface area contributed by atoms with Crippen molar-refractivity contribution in [3.05, 3.63) is 29.3 Å². The topological polar surface area (TPSA) is 61.4 Å². The molecule has 5 heteroatoms. The maximum atomic E-state index is 12.7. The number of nitrogens with zero attached hydrogens (tertiary/aromatic N) is 1. The molecular formula is C18H25N3O2. The van der Waals surface area contributed by atoms with E-state index in [9.17, 15) is 9.59 Å². The first-order valence-corrected chi connectivity index (χ1v) is 8.60. The number of likely N-dealkylation sites (tertiary alicyclic amines) is 1. The van der Waals surface area contributed by atoms with Crippen molar-refractivity contribution in [1.29, 1.82) is 0 Å². The largest absolute Gasteiger partial charge is 0.339 e. The van der Waals surface area contributed by atoms with Crippen LogP contribution >= 0.6 is 0 Å². The van der Waals surface area contributed by atoms with Gasteiger partial charge in [0.05, 0.1) is 0 Å². The summed E-state index contributed by atoms with van der Waals surface area (Å²) in [5.41, 5.74) is 2.66. The number of hydrogen-bond donors (Lipinski definition) is 2. The third-order valence-corrected chi connectivity index (χ3v) is 4.83. The van der Waals surface area contributed by atoms with Gasteiger partial charge in [-0.2, -0.15) is 0 Å². The molecule has 2 aliphatic rings. The fraction of sp³-hybridized carbons (Fsp3) is 0.556. The zero-order valence-corrected chi connectivity index (χ0v) is 13.7. The van der Waals surface area contributed by atoms with Gasteiger partial charge in [0.1, 0.15) is 0 Å². The van der Waals surface area contributed by atoms with E-state index in [2.05, 4.69) is 17.6 Å². The average Bonchev–Trinajstić information content (AvgIpc) is 2.59. The molecule has 1 aromatic carbocycles. The van der Waals surface area contributed by atoms with Crippen molar-refractivity contribution in [3.63, 3.8) is 0 Å². The van der Waals surface area contributed by atoms with Crippen molar-refractivity contribution in [2.45, 2.75) is 32.6 Å². The number of rotatable bonds is 4. The molecule has 0 radical (unpaired) electrons. The Labute approximate surface area is 137 Å². The number of piperidine rings is 1. The summed E-state index contributed by atoms with van der Waals surface area (Å²) in [5.74, 6) is 0.851. The maximum Gasteiger partial charge on any atom is 0.253 e. The van der Waals surface area contributed by atoms with Gasteiger partial charge in [-0.1, -0.05) is 6.92 Å². The normalized spacial score (nSPS) is 18.5. The Hall–Kier alpha value is -1.88. The quantitative estimate of drug-likeness (QED) is 0.894. The van der Waals surface area contributed by atoms with Gasteiger partial charge in [0.2, 0.25) is 5.91 Å². The van der Waals surface area contributed by atoms with Crippen LogP contribution in [-0.2, 0) is 11.2 Å². The van der Waals surface area contributed by atoms with Gasteiger partial charge in [0, 0.05) is 30.8 Å². The highest BCUT2D eigenvalue weighted by Crippen LogP contribution is 2.25. The van der Waals surface area contributed by atoms with E-state index in [0.29, 0.717) is 18.8 Å². The van der Waals surface area contributed by atoms with Crippen LogP contribution < -0.4 is 10.6 Å². The average molecular weight is 315 g/mol. The van der Waals surface area contributed by atoms with Crippen LogP contribution in [0.3, 0.4) is 0 Å². The molecule has 0 spiro atoms. The van der Waals surface area contributed by atoms with Crippen molar-refractivity contribution in [2.24, 2.45) is 5.92 Å². The highest BCUT2D eigenvalue weighted by molar-refractivity contribution is 5.98. The van der Waals surface area contributed by atoms with Crippen molar-refractivity contribution < 1.29 is 9.59 Å². The molecule has 2 amide bonds. The Morgan fingerprint density at radius 1 is 1.30 bits per heavy atom. The van der Waals surface area contributed by atoms with Crippen molar-refractivity contribution in [3.8, 4) is 0 Å². The minimum absolute atomic E-state index is 0.0549. The van der Waals surface area contributed by atoms with E-state index in [4.69, 9.17) is 0 Å². The van der Waals surface area contributed by atoms with Gasteiger partial charge in [0.25, 0.3) is 5.91 Å². The van der Waals surface area contributed by atoms with Gasteiger partial charge in [-0.15, -0.1) is 0 Å². The number of carbonyl (C=O) groups excluding carboxylic acids is 2. The van der Waals surface area contributed by atoms with Crippen LogP contribution in [0.5, 0.6) is 0 Å². The second-order valence-electron chi connectivity index (χ2n) is 6.46. The zero-order valence-electron chi connectivity index (χ0n) is 13.7. The van der Waals surface area contributed by atoms with Crippen LogP contribution in [0.4, 0.5) is 5.69 Å². The lowest BCUT2D eigenvalue weighted by Crippen LogP contribution is -2.40. The molecule has 1 aromatic rings. The third kappa shape index (κ3) is 3.72. The Kier molecular flexibility index (Phi) is 4.96. The van der Waals surface area contributed by atoms with Gasteiger partial charge >= 0.3 is 0 Å². The molecule has 2 N–H and O–H groups in total. The molecule has 1 saturated heterocycles. The molecule has 0 aliphatic carbocycles. The number of anilines is 1. The van der Waals surface area contributed by atoms with E-state index < -0.39 is 0 Å². The second-order valence-corrected chi connectivity index (χ2v) is 6.46. The monoisotopic (exact) mass is 315 g/mol. The van der Waals surface area contributed by atoms with Crippen LogP contribution in [0, 0.1) is 5.92 Å². The molecule has 124 valence electrons. The third-order valence-electron chi connectivity index (χ3n) is 4.83. The van der Waals surface area contributed by atoms with Gasteiger partial charge < -0.3 is 15.5 Å². The molecule has 0 saturated carbocycles. The molecule has 1 fully saturated rings. The van der Waals surface area contributed by atoms with E-state index in [1.54, 1.807) is 0 Å². The fourth-order valence-corrected chi connectivity index (χ4v) is 3.39. The first-order valence-electron chi connectivity index (χ1n) is 8.60. The lowest BCUT2D eigenvalue weighted by molar-refractivity contribution is -0.116. The molecule has 2 aliphatic heterocycles. The summed E-state index contributed by atoms with van der Waals surface area (Å²) in [6.07, 6.45) is 3.35. The Bertz CT molecular complexity index is 592. The highest BCUT2D eigenvalue weighted by Gasteiger charge is 2.24. The SMILES string of the molecule is CCNCC1CCN(C(=O)c2ccc3c(c2)CCC(=O)N3)CC1. The number of carbonyl (C=O) groups is 2. The smallest absolute Gasteiger partial charge is 0.253 e. The fourth-order valence-electron chi connectivity index (χ4n) is 3.39. The van der Waals surface area contributed by atoms with Crippen LogP contribution in [0.1, 0.15) is 42.1 Å². The summed E-state index contributed by atoms with van der Waals surface area (Å²) < 4.78 is 0. The Balaban J connectivity index is 1.62. The Morgan fingerprint density at radius 3 is 2.83 bits per heavy atom. The van der Waals surface area contributed by atoms with Crippen LogP contribution in [0.15, 0.2) is 18.2 Å². The Morgan fingerprint density at radius 2 is 2.09 bits per heavy atom. The summed E-state index contributed by atoms with van der Waals surface area (Å²) in [5, 5.41) is 6.25. The predicted octanol–water partition coefficient (Wildman–Crippen LogP) is 2.03. The number of amides is 2. The second kappa shape index (κ2) is 7.13. The van der Waals surface area contributed by atoms with E-state index in [0.717, 1.165) is 55.8 Å². The van der Waals surface area contributed by atoms with Crippen molar-refractivity contribution in [1.82, 2.24) is 10.2 Å². The molecule has 0 atom stereocenters. The minimum Gasteiger partial charge on any atom is -0.339 e. The van der Waals surface area contributed by atoms with E-state index >= 15 is 0 Å². The van der Waals surface area contributed by atoms with Crippen LogP contribution in [-0.4, -0.2) is 42.9 Å². The number of nitrogens with one attached hydrogen (secondary N) is 2. The summed E-state index contributed by atoms with van der Waals surface area (Å²) in [4.78, 5) is 26.1. The standard InChI is InChI=1S/C18H25N3O2/c1-2-19-12-13-7-9-21(10-8-13)18(23)15-3-5-16-14(11-15)4-6-17(22)20-16/h3,5,11,13,19H,2,4,6-10,12H2,1H3,(H,20,22). The lowest BCUT2D eigenvalue weighted by Gasteiger charge is -2.32. The number of hydrogen-bond acceptors (Lipinski definition) is 3. The van der Waals surface area contributed by atoms with E-state index in [-0.39, 0.29) is 11.8 Å². The molecule has 5 nitrogen and oxygen atoms in total. The highest BCUT2D eigenvalue weighted by atomic mass is 16.2. The van der Waals surface area contributed by atoms with Gasteiger partial charge in [-0.3, -0.25) is 9.59 Å². The van der Waals surface area contributed by atoms with Crippen molar-refractivity contribution >= 4 is 17.5 Å². The number of benzene rings is 1. The molecule has 0 unspecified atom stereocenters. The molecule has 0 bridgehead atoms. The van der Waals surface area contributed by atoms with Gasteiger partial charge in [-0.25, -0.2) is 0 Å². The predicted molar refractivity (Wildman–Crippen MR) is 90.6 cm³/mol. The number of fused-ring (bicyclic) bond motifs is 1. The molecule has 23 heavy (non-hydrogen) atoms. The van der Waals surface area contributed by atoms with Crippen LogP contribution in [0.25, 0.3) is 0 Å².